The van der Waals surface area contributed by atoms with Gasteiger partial charge in [0.15, 0.2) is 0 Å². The first kappa shape index (κ1) is 9.98. The maximum absolute atomic E-state index is 12.4. The van der Waals surface area contributed by atoms with Crippen molar-refractivity contribution < 1.29 is 8.78 Å². The lowest BCUT2D eigenvalue weighted by Gasteiger charge is -2.10. The van der Waals surface area contributed by atoms with E-state index in [4.69, 9.17) is 23.1 Å². The van der Waals surface area contributed by atoms with E-state index < -0.39 is 6.43 Å². The van der Waals surface area contributed by atoms with Crippen LogP contribution in [0.25, 0.3) is 0 Å². The van der Waals surface area contributed by atoms with Crippen LogP contribution in [-0.2, 0) is 5.88 Å². The predicted molar refractivity (Wildman–Crippen MR) is 47.6 cm³/mol. The van der Waals surface area contributed by atoms with Gasteiger partial charge >= 0.3 is 0 Å². The molecule has 0 atom stereocenters. The number of hydrogen-bond acceptors (Lipinski definition) is 3. The Hall–Kier alpha value is -1.10. The van der Waals surface area contributed by atoms with Gasteiger partial charge in [0.05, 0.1) is 34.7 Å². The molecule has 13 heavy (non-hydrogen) atoms. The maximum Gasteiger partial charge on any atom is 0.267 e. The fourth-order valence-corrected chi connectivity index (χ4v) is 1.16. The number of halogens is 3. The fraction of sp³-hybridized carbons (Fsp3) is 0.286. The highest BCUT2D eigenvalue weighted by Gasteiger charge is 2.18. The lowest BCUT2D eigenvalue weighted by Crippen LogP contribution is -2.05. The van der Waals surface area contributed by atoms with E-state index in [0.717, 1.165) is 0 Å². The van der Waals surface area contributed by atoms with Crippen LogP contribution in [0.4, 0.5) is 20.2 Å². The zero-order valence-corrected chi connectivity index (χ0v) is 7.35. The van der Waals surface area contributed by atoms with Crippen LogP contribution in [0.3, 0.4) is 0 Å². The highest BCUT2D eigenvalue weighted by atomic mass is 35.5. The lowest BCUT2D eigenvalue weighted by atomic mass is 10.1. The van der Waals surface area contributed by atoms with Crippen molar-refractivity contribution in [2.24, 2.45) is 0 Å². The topological polar surface area (TPSA) is 64.9 Å². The fourth-order valence-electron chi connectivity index (χ4n) is 0.947. The van der Waals surface area contributed by atoms with Crippen LogP contribution >= 0.6 is 11.6 Å². The molecule has 0 spiro atoms. The summed E-state index contributed by atoms with van der Waals surface area (Å²) in [5, 5.41) is 0. The molecule has 0 amide bonds. The van der Waals surface area contributed by atoms with Gasteiger partial charge in [0.2, 0.25) is 0 Å². The van der Waals surface area contributed by atoms with Crippen LogP contribution in [0.1, 0.15) is 17.7 Å². The Balaban J connectivity index is 3.32. The zero-order valence-electron chi connectivity index (χ0n) is 6.60. The largest absolute Gasteiger partial charge is 0.397 e. The smallest absolute Gasteiger partial charge is 0.267 e. The van der Waals surface area contributed by atoms with Gasteiger partial charge in [-0.15, -0.1) is 11.6 Å². The summed E-state index contributed by atoms with van der Waals surface area (Å²) in [4.78, 5) is 3.66. The molecule has 0 aliphatic carbocycles. The third-order valence-corrected chi connectivity index (χ3v) is 1.87. The van der Waals surface area contributed by atoms with Gasteiger partial charge in [-0.25, -0.2) is 8.78 Å². The van der Waals surface area contributed by atoms with E-state index in [-0.39, 0.29) is 28.5 Å². The number of nitrogens with two attached hydrogens (primary N) is 2. The number of nitrogen functional groups attached to an aromatic ring is 2. The monoisotopic (exact) mass is 207 g/mol. The molecule has 0 aromatic carbocycles. The molecule has 1 rings (SSSR count). The van der Waals surface area contributed by atoms with Crippen molar-refractivity contribution in [3.05, 3.63) is 17.5 Å². The van der Waals surface area contributed by atoms with Crippen molar-refractivity contribution in [2.75, 3.05) is 11.5 Å². The van der Waals surface area contributed by atoms with Gasteiger partial charge in [-0.1, -0.05) is 0 Å². The molecule has 1 heterocycles. The van der Waals surface area contributed by atoms with Gasteiger partial charge in [0.1, 0.15) is 0 Å². The van der Waals surface area contributed by atoms with Crippen LogP contribution in [0, 0.1) is 0 Å². The van der Waals surface area contributed by atoms with Crippen molar-refractivity contribution in [2.45, 2.75) is 12.3 Å². The second-order valence-electron chi connectivity index (χ2n) is 2.42. The number of aromatic nitrogens is 1. The minimum Gasteiger partial charge on any atom is -0.397 e. The molecule has 1 aromatic heterocycles. The summed E-state index contributed by atoms with van der Waals surface area (Å²) in [7, 11) is 0. The highest BCUT2D eigenvalue weighted by molar-refractivity contribution is 6.17. The van der Waals surface area contributed by atoms with Gasteiger partial charge in [0, 0.05) is 0 Å². The number of pyridine rings is 1. The van der Waals surface area contributed by atoms with Crippen LogP contribution in [0.2, 0.25) is 0 Å². The van der Waals surface area contributed by atoms with Gasteiger partial charge in [0.25, 0.3) is 6.43 Å². The quantitative estimate of drug-likeness (QED) is 0.729. The summed E-state index contributed by atoms with van der Waals surface area (Å²) in [6.07, 6.45) is -1.48. The lowest BCUT2D eigenvalue weighted by molar-refractivity contribution is 0.151. The Morgan fingerprint density at radius 2 is 2.08 bits per heavy atom. The van der Waals surface area contributed by atoms with E-state index in [1.165, 1.54) is 6.20 Å². The van der Waals surface area contributed by atoms with Crippen LogP contribution < -0.4 is 11.5 Å². The molecular formula is C7H8ClF2N3. The summed E-state index contributed by atoms with van der Waals surface area (Å²) >= 11 is 5.41. The summed E-state index contributed by atoms with van der Waals surface area (Å²) in [6.45, 7) is 0. The molecule has 0 bridgehead atoms. The Morgan fingerprint density at radius 1 is 1.46 bits per heavy atom. The standard InChI is InChI=1S/C7H8ClF2N3/c8-1-4-5(7(9)10)6(12)3(11)2-13-4/h2,7H,1,11H2,(H2,12,13). The molecule has 6 heteroatoms. The van der Waals surface area contributed by atoms with Crippen molar-refractivity contribution in [3.8, 4) is 0 Å². The molecule has 1 aromatic rings. The first-order valence-electron chi connectivity index (χ1n) is 3.44. The van der Waals surface area contributed by atoms with E-state index >= 15 is 0 Å². The molecule has 4 N–H and O–H groups in total. The third kappa shape index (κ3) is 1.80. The van der Waals surface area contributed by atoms with Gasteiger partial charge in [-0.2, -0.15) is 0 Å². The number of nitrogens with zero attached hydrogens (tertiary/aromatic N) is 1. The minimum atomic E-state index is -2.70. The molecular weight excluding hydrogens is 200 g/mol. The molecule has 0 aliphatic heterocycles. The van der Waals surface area contributed by atoms with E-state index in [1.54, 1.807) is 0 Å². The molecule has 0 saturated heterocycles. The van der Waals surface area contributed by atoms with Crippen molar-refractivity contribution >= 4 is 23.0 Å². The molecule has 0 radical (unpaired) electrons. The number of anilines is 2. The Bertz CT molecular complexity index is 317. The first-order chi connectivity index (χ1) is 6.07. The second-order valence-corrected chi connectivity index (χ2v) is 2.69. The van der Waals surface area contributed by atoms with Gasteiger partial charge < -0.3 is 11.5 Å². The molecule has 0 saturated carbocycles. The zero-order chi connectivity index (χ0) is 10.0. The van der Waals surface area contributed by atoms with Crippen LogP contribution in [-0.4, -0.2) is 4.98 Å². The second kappa shape index (κ2) is 3.74. The van der Waals surface area contributed by atoms with Crippen molar-refractivity contribution in [1.29, 1.82) is 0 Å². The Kier molecular flexibility index (Phi) is 2.87. The van der Waals surface area contributed by atoms with E-state index in [1.807, 2.05) is 0 Å². The number of rotatable bonds is 2. The summed E-state index contributed by atoms with van der Waals surface area (Å²) in [6, 6.07) is 0. The average Bonchev–Trinajstić information content (AvgIpc) is 2.08. The predicted octanol–water partition coefficient (Wildman–Crippen LogP) is 1.92. The van der Waals surface area contributed by atoms with Gasteiger partial charge in [-0.05, 0) is 0 Å². The van der Waals surface area contributed by atoms with Crippen molar-refractivity contribution in [3.63, 3.8) is 0 Å². The van der Waals surface area contributed by atoms with E-state index in [2.05, 4.69) is 4.98 Å². The number of alkyl halides is 3. The summed E-state index contributed by atoms with van der Waals surface area (Å²) in [5.74, 6) is -0.107. The minimum absolute atomic E-state index is 0.0455. The molecule has 0 aliphatic rings. The highest BCUT2D eigenvalue weighted by Crippen LogP contribution is 2.31. The maximum atomic E-state index is 12.4. The van der Waals surface area contributed by atoms with Crippen molar-refractivity contribution in [1.82, 2.24) is 4.98 Å². The normalized spacial score (nSPS) is 10.8. The summed E-state index contributed by atoms with van der Waals surface area (Å²) < 4.78 is 24.8. The van der Waals surface area contributed by atoms with Crippen LogP contribution in [0.5, 0.6) is 0 Å². The third-order valence-electron chi connectivity index (χ3n) is 1.62. The SMILES string of the molecule is Nc1cnc(CCl)c(C(F)F)c1N. The molecule has 72 valence electrons. The summed E-state index contributed by atoms with van der Waals surface area (Å²) in [5.41, 5.74) is 10.3. The van der Waals surface area contributed by atoms with E-state index in [0.29, 0.717) is 0 Å². The van der Waals surface area contributed by atoms with Gasteiger partial charge in [-0.3, -0.25) is 4.98 Å². The molecule has 3 nitrogen and oxygen atoms in total. The Labute approximate surface area is 78.7 Å². The average molecular weight is 208 g/mol. The molecule has 0 fully saturated rings. The first-order valence-corrected chi connectivity index (χ1v) is 3.98. The Morgan fingerprint density at radius 3 is 2.54 bits per heavy atom. The number of hydrogen-bond donors (Lipinski definition) is 2. The molecule has 0 unspecified atom stereocenters. The van der Waals surface area contributed by atoms with Crippen LogP contribution in [0.15, 0.2) is 6.20 Å². The van der Waals surface area contributed by atoms with E-state index in [9.17, 15) is 8.78 Å².